The fourth-order valence-corrected chi connectivity index (χ4v) is 8.33. The first-order valence-corrected chi connectivity index (χ1v) is 20.8. The standard InChI is InChI=1S/C48H52N6O6/c49-40-9-1-2-10-41(40)51-46(57)14-6-13-45(56)50-29-33-7-5-8-37(27-33)34-19-21-36(22-20-34)47-59-39(28-44(60-47)35-17-15-32(31-55)16-18-35)30-53-25-23-38(24-26-53)54-43-12-4-3-11-42(43)52-48(54)58/h1-5,7-12,15-22,27,38-39,44,47,55H,6,13-14,23-26,28-31,49H2,(H,50,56)(H,51,57)(H,52,58). The molecule has 2 aliphatic heterocycles. The van der Waals surface area contributed by atoms with Crippen LogP contribution >= 0.6 is 0 Å². The summed E-state index contributed by atoms with van der Waals surface area (Å²) in [6.45, 7) is 2.83. The summed E-state index contributed by atoms with van der Waals surface area (Å²) in [5, 5.41) is 15.4. The van der Waals surface area contributed by atoms with Crippen molar-refractivity contribution < 1.29 is 24.2 Å². The Balaban J connectivity index is 0.876. The Morgan fingerprint density at radius 1 is 0.783 bits per heavy atom. The van der Waals surface area contributed by atoms with Crippen molar-refractivity contribution in [3.05, 3.63) is 154 Å². The summed E-state index contributed by atoms with van der Waals surface area (Å²) < 4.78 is 15.3. The van der Waals surface area contributed by atoms with Crippen LogP contribution in [0.5, 0.6) is 0 Å². The van der Waals surface area contributed by atoms with Crippen LogP contribution in [0.3, 0.4) is 0 Å². The summed E-state index contributed by atoms with van der Waals surface area (Å²) in [6.07, 6.45) is 2.48. The maximum atomic E-state index is 12.9. The molecule has 0 saturated carbocycles. The van der Waals surface area contributed by atoms with Crippen molar-refractivity contribution >= 4 is 34.2 Å². The number of nitrogens with zero attached hydrogens (tertiary/aromatic N) is 2. The number of hydrogen-bond acceptors (Lipinski definition) is 8. The van der Waals surface area contributed by atoms with Crippen LogP contribution in [0.25, 0.3) is 22.2 Å². The second-order valence-corrected chi connectivity index (χ2v) is 15.8. The maximum absolute atomic E-state index is 12.9. The highest BCUT2D eigenvalue weighted by Crippen LogP contribution is 2.39. The van der Waals surface area contributed by atoms with Gasteiger partial charge in [-0.25, -0.2) is 4.79 Å². The highest BCUT2D eigenvalue weighted by atomic mass is 16.7. The second kappa shape index (κ2) is 18.9. The molecule has 0 radical (unpaired) electrons. The van der Waals surface area contributed by atoms with Crippen molar-refractivity contribution in [3.8, 4) is 11.1 Å². The Bertz CT molecular complexity index is 2450. The van der Waals surface area contributed by atoms with Crippen molar-refractivity contribution in [1.82, 2.24) is 19.8 Å². The number of carbonyl (C=O) groups is 2. The summed E-state index contributed by atoms with van der Waals surface area (Å²) in [5.41, 5.74) is 14.6. The first-order chi connectivity index (χ1) is 29.3. The van der Waals surface area contributed by atoms with Gasteiger partial charge in [0.25, 0.3) is 0 Å². The van der Waals surface area contributed by atoms with E-state index < -0.39 is 6.29 Å². The van der Waals surface area contributed by atoms with Gasteiger partial charge in [-0.1, -0.05) is 91.0 Å². The highest BCUT2D eigenvalue weighted by Gasteiger charge is 2.34. The average Bonchev–Trinajstić information content (AvgIpc) is 3.62. The summed E-state index contributed by atoms with van der Waals surface area (Å²) in [5.74, 6) is -0.291. The van der Waals surface area contributed by atoms with E-state index >= 15 is 0 Å². The van der Waals surface area contributed by atoms with Crippen LogP contribution in [0.1, 0.15) is 79.2 Å². The Labute approximate surface area is 349 Å². The van der Waals surface area contributed by atoms with E-state index in [1.165, 1.54) is 0 Å². The molecule has 3 heterocycles. The van der Waals surface area contributed by atoms with E-state index in [0.717, 1.165) is 76.9 Å². The molecule has 60 heavy (non-hydrogen) atoms. The number of fused-ring (bicyclic) bond motifs is 1. The molecule has 310 valence electrons. The summed E-state index contributed by atoms with van der Waals surface area (Å²) in [6, 6.07) is 39.4. The van der Waals surface area contributed by atoms with Gasteiger partial charge in [-0.3, -0.25) is 14.2 Å². The molecule has 12 heteroatoms. The predicted octanol–water partition coefficient (Wildman–Crippen LogP) is 7.38. The number of imidazole rings is 1. The van der Waals surface area contributed by atoms with Crippen LogP contribution in [-0.2, 0) is 32.2 Å². The fraction of sp³-hybridized carbons (Fsp3) is 0.312. The first-order valence-electron chi connectivity index (χ1n) is 20.8. The number of ether oxygens (including phenoxy) is 2. The molecule has 2 aliphatic rings. The lowest BCUT2D eigenvalue weighted by Gasteiger charge is -2.40. The largest absolute Gasteiger partial charge is 0.397 e. The lowest BCUT2D eigenvalue weighted by atomic mass is 9.98. The summed E-state index contributed by atoms with van der Waals surface area (Å²) in [7, 11) is 0. The van der Waals surface area contributed by atoms with E-state index in [2.05, 4.69) is 50.8 Å². The molecule has 2 fully saturated rings. The molecule has 6 N–H and O–H groups in total. The zero-order valence-corrected chi connectivity index (χ0v) is 33.6. The van der Waals surface area contributed by atoms with E-state index in [1.807, 2.05) is 77.4 Å². The van der Waals surface area contributed by atoms with Crippen molar-refractivity contribution in [1.29, 1.82) is 0 Å². The SMILES string of the molecule is Nc1ccccc1NC(=O)CCCC(=O)NCc1cccc(-c2ccc(C3OC(CN4CCC(n5c(=O)[nH]c6ccccc65)CC4)CC(c4ccc(CO)cc4)O3)cc2)c1. The van der Waals surface area contributed by atoms with E-state index in [0.29, 0.717) is 30.8 Å². The number of H-pyrrole nitrogens is 1. The lowest BCUT2D eigenvalue weighted by molar-refractivity contribution is -0.253. The number of piperidine rings is 1. The Morgan fingerprint density at radius 3 is 2.30 bits per heavy atom. The van der Waals surface area contributed by atoms with Gasteiger partial charge in [0.05, 0.1) is 41.2 Å². The number of carbonyl (C=O) groups excluding carboxylic acids is 2. The molecule has 0 aliphatic carbocycles. The van der Waals surface area contributed by atoms with Crippen molar-refractivity contribution in [3.63, 3.8) is 0 Å². The van der Waals surface area contributed by atoms with Crippen LogP contribution in [-0.4, -0.2) is 57.1 Å². The molecule has 3 atom stereocenters. The molecule has 12 nitrogen and oxygen atoms in total. The smallest absolute Gasteiger partial charge is 0.326 e. The first kappa shape index (κ1) is 40.7. The van der Waals surface area contributed by atoms with Crippen LogP contribution < -0.4 is 22.1 Å². The molecule has 0 bridgehead atoms. The number of nitrogen functional groups attached to an aromatic ring is 1. The Hall–Kier alpha value is -6.05. The monoisotopic (exact) mass is 808 g/mol. The third-order valence-corrected chi connectivity index (χ3v) is 11.6. The number of rotatable bonds is 14. The van der Waals surface area contributed by atoms with E-state index in [9.17, 15) is 19.5 Å². The van der Waals surface area contributed by atoms with Gasteiger partial charge in [-0.15, -0.1) is 0 Å². The van der Waals surface area contributed by atoms with Gasteiger partial charge in [-0.05, 0) is 77.4 Å². The molecule has 0 spiro atoms. The van der Waals surface area contributed by atoms with Crippen LogP contribution in [0.15, 0.2) is 126 Å². The average molecular weight is 809 g/mol. The predicted molar refractivity (Wildman–Crippen MR) is 233 cm³/mol. The van der Waals surface area contributed by atoms with Crippen molar-refractivity contribution in [2.75, 3.05) is 30.7 Å². The third kappa shape index (κ3) is 9.86. The zero-order valence-electron chi connectivity index (χ0n) is 33.6. The molecule has 2 saturated heterocycles. The fourth-order valence-electron chi connectivity index (χ4n) is 8.33. The number of nitrogens with one attached hydrogen (secondary N) is 3. The molecular formula is C48H52N6O6. The van der Waals surface area contributed by atoms with Gasteiger partial charge < -0.3 is 40.8 Å². The number of aromatic amines is 1. The van der Waals surface area contributed by atoms with Crippen LogP contribution in [0, 0.1) is 0 Å². The minimum absolute atomic E-state index is 0.0152. The lowest BCUT2D eigenvalue weighted by Crippen LogP contribution is -2.43. The number of aromatic nitrogens is 2. The van der Waals surface area contributed by atoms with Gasteiger partial charge in [-0.2, -0.15) is 0 Å². The number of para-hydroxylation sites is 4. The number of hydrogen-bond donors (Lipinski definition) is 5. The van der Waals surface area contributed by atoms with Crippen LogP contribution in [0.4, 0.5) is 11.4 Å². The normalized spacial score (nSPS) is 18.6. The Morgan fingerprint density at radius 2 is 1.52 bits per heavy atom. The number of amides is 2. The number of aliphatic hydroxyl groups is 1. The van der Waals surface area contributed by atoms with Gasteiger partial charge in [0.1, 0.15) is 0 Å². The van der Waals surface area contributed by atoms with E-state index in [-0.39, 0.29) is 55.2 Å². The van der Waals surface area contributed by atoms with Gasteiger partial charge in [0.2, 0.25) is 11.8 Å². The molecule has 1 aromatic heterocycles. The van der Waals surface area contributed by atoms with Crippen LogP contribution in [0.2, 0.25) is 0 Å². The quantitative estimate of drug-likeness (QED) is 0.0712. The molecule has 2 amide bonds. The minimum atomic E-state index is -0.577. The molecule has 6 aromatic rings. The molecule has 8 rings (SSSR count). The highest BCUT2D eigenvalue weighted by molar-refractivity contribution is 5.94. The van der Waals surface area contributed by atoms with E-state index in [1.54, 1.807) is 18.2 Å². The number of benzene rings is 5. The second-order valence-electron chi connectivity index (χ2n) is 15.8. The minimum Gasteiger partial charge on any atom is -0.397 e. The molecular weight excluding hydrogens is 757 g/mol. The van der Waals surface area contributed by atoms with Gasteiger partial charge in [0, 0.05) is 57.0 Å². The Kier molecular flexibility index (Phi) is 12.8. The van der Waals surface area contributed by atoms with E-state index in [4.69, 9.17) is 15.2 Å². The van der Waals surface area contributed by atoms with Gasteiger partial charge >= 0.3 is 5.69 Å². The summed E-state index contributed by atoms with van der Waals surface area (Å²) >= 11 is 0. The topological polar surface area (TPSA) is 164 Å². The number of anilines is 2. The maximum Gasteiger partial charge on any atom is 0.326 e. The zero-order chi connectivity index (χ0) is 41.4. The number of likely N-dealkylation sites (tertiary alicyclic amines) is 1. The number of nitrogens with two attached hydrogens (primary N) is 1. The molecule has 3 unspecified atom stereocenters. The number of aliphatic hydroxyl groups excluding tert-OH is 1. The summed E-state index contributed by atoms with van der Waals surface area (Å²) in [4.78, 5) is 43.3. The van der Waals surface area contributed by atoms with Crippen molar-refractivity contribution in [2.24, 2.45) is 0 Å². The van der Waals surface area contributed by atoms with Crippen molar-refractivity contribution in [2.45, 2.75) is 76.2 Å². The third-order valence-electron chi connectivity index (χ3n) is 11.6. The molecule has 5 aromatic carbocycles. The van der Waals surface area contributed by atoms with Gasteiger partial charge in [0.15, 0.2) is 6.29 Å².